The van der Waals surface area contributed by atoms with Crippen molar-refractivity contribution in [2.45, 2.75) is 51.5 Å². The maximum absolute atomic E-state index is 15.1. The number of rotatable bonds is 8. The molecule has 0 aliphatic carbocycles. The molecule has 0 bridgehead atoms. The topological polar surface area (TPSA) is 108 Å². The Labute approximate surface area is 231 Å². The molecule has 13 heteroatoms. The minimum absolute atomic E-state index is 0.0415. The maximum atomic E-state index is 15.1. The number of aromatic nitrogens is 5. The van der Waals surface area contributed by atoms with Crippen molar-refractivity contribution in [1.29, 1.82) is 0 Å². The third-order valence-corrected chi connectivity index (χ3v) is 11.8. The molecule has 0 radical (unpaired) electrons. The molecule has 3 aromatic heterocycles. The molecular formula is C27H30F2N6O4Si. The van der Waals surface area contributed by atoms with Crippen LogP contribution in [-0.4, -0.2) is 58.6 Å². The predicted molar refractivity (Wildman–Crippen MR) is 145 cm³/mol. The van der Waals surface area contributed by atoms with Crippen LogP contribution in [0.15, 0.2) is 53.4 Å². The van der Waals surface area contributed by atoms with Crippen LogP contribution in [0.1, 0.15) is 26.3 Å². The van der Waals surface area contributed by atoms with Crippen molar-refractivity contribution in [3.8, 4) is 22.9 Å². The number of hydrogen-bond donors (Lipinski definition) is 0. The molecule has 1 aromatic carbocycles. The third-order valence-electron chi connectivity index (χ3n) is 7.34. The van der Waals surface area contributed by atoms with E-state index in [1.54, 1.807) is 30.3 Å². The van der Waals surface area contributed by atoms with Gasteiger partial charge < -0.3 is 13.7 Å². The smallest absolute Gasteiger partial charge is 0.416 e. The molecule has 0 saturated carbocycles. The number of amides is 1. The lowest BCUT2D eigenvalue weighted by Gasteiger charge is -2.37. The second-order valence-electron chi connectivity index (χ2n) is 11.1. The summed E-state index contributed by atoms with van der Waals surface area (Å²) in [5.74, 6) is -1.34. The highest BCUT2D eigenvalue weighted by Gasteiger charge is 2.42. The highest BCUT2D eigenvalue weighted by molar-refractivity contribution is 6.74. The highest BCUT2D eigenvalue weighted by atomic mass is 28.4. The molecular weight excluding hydrogens is 538 g/mol. The minimum Gasteiger partial charge on any atom is -0.447 e. The van der Waals surface area contributed by atoms with E-state index in [1.165, 1.54) is 21.9 Å². The van der Waals surface area contributed by atoms with E-state index < -0.39 is 26.3 Å². The Balaban J connectivity index is 1.48. The van der Waals surface area contributed by atoms with Crippen molar-refractivity contribution in [2.24, 2.45) is 0 Å². The molecule has 1 saturated heterocycles. The number of cyclic esters (lactones) is 1. The van der Waals surface area contributed by atoms with Crippen molar-refractivity contribution in [1.82, 2.24) is 24.9 Å². The number of halogens is 2. The largest absolute Gasteiger partial charge is 0.447 e. The summed E-state index contributed by atoms with van der Waals surface area (Å²) in [4.78, 5) is 22.4. The zero-order chi connectivity index (χ0) is 28.7. The molecule has 40 heavy (non-hydrogen) atoms. The molecule has 0 spiro atoms. The molecule has 1 aliphatic heterocycles. The summed E-state index contributed by atoms with van der Waals surface area (Å²) in [6, 6.07) is 9.08. The zero-order valence-electron chi connectivity index (χ0n) is 22.9. The molecule has 5 rings (SSSR count). The Hall–Kier alpha value is -3.97. The lowest BCUT2D eigenvalue weighted by molar-refractivity contribution is 0.174. The number of nitrogens with zero attached hydrogens (tertiary/aromatic N) is 6. The van der Waals surface area contributed by atoms with Crippen molar-refractivity contribution >= 4 is 20.2 Å². The van der Waals surface area contributed by atoms with E-state index in [1.807, 2.05) is 0 Å². The summed E-state index contributed by atoms with van der Waals surface area (Å²) in [5, 5.41) is 8.51. The van der Waals surface area contributed by atoms with Gasteiger partial charge in [-0.15, -0.1) is 0 Å². The molecule has 1 fully saturated rings. The first kappa shape index (κ1) is 27.6. The van der Waals surface area contributed by atoms with Gasteiger partial charge in [0, 0.05) is 11.6 Å². The van der Waals surface area contributed by atoms with Crippen LogP contribution in [0.5, 0.6) is 0 Å². The van der Waals surface area contributed by atoms with Gasteiger partial charge in [0.25, 0.3) is 0 Å². The van der Waals surface area contributed by atoms with Gasteiger partial charge in [-0.2, -0.15) is 5.10 Å². The van der Waals surface area contributed by atoms with Crippen LogP contribution in [0.3, 0.4) is 0 Å². The molecule has 10 nitrogen and oxygen atoms in total. The monoisotopic (exact) mass is 568 g/mol. The Morgan fingerprint density at radius 2 is 1.90 bits per heavy atom. The number of anilines is 1. The fourth-order valence-electron chi connectivity index (χ4n) is 4.00. The zero-order valence-corrected chi connectivity index (χ0v) is 23.9. The van der Waals surface area contributed by atoms with E-state index in [9.17, 15) is 9.18 Å². The lowest BCUT2D eigenvalue weighted by atomic mass is 10.2. The summed E-state index contributed by atoms with van der Waals surface area (Å²) >= 11 is 0. The van der Waals surface area contributed by atoms with Gasteiger partial charge >= 0.3 is 6.09 Å². The number of carbonyl (C=O) groups excluding carboxylic acids is 1. The normalized spacial score (nSPS) is 16.0. The van der Waals surface area contributed by atoms with Gasteiger partial charge in [-0.3, -0.25) is 9.58 Å². The molecule has 4 heterocycles. The summed E-state index contributed by atoms with van der Waals surface area (Å²) in [5.41, 5.74) is 1.66. The van der Waals surface area contributed by atoms with E-state index in [-0.39, 0.29) is 48.0 Å². The fourth-order valence-corrected chi connectivity index (χ4v) is 5.04. The predicted octanol–water partition coefficient (Wildman–Crippen LogP) is 5.67. The maximum Gasteiger partial charge on any atom is 0.416 e. The quantitative estimate of drug-likeness (QED) is 0.250. The summed E-state index contributed by atoms with van der Waals surface area (Å²) in [7, 11) is -2.14. The summed E-state index contributed by atoms with van der Waals surface area (Å²) in [6.45, 7) is 10.8. The molecule has 1 atom stereocenters. The highest BCUT2D eigenvalue weighted by Crippen LogP contribution is 2.37. The van der Waals surface area contributed by atoms with Crippen molar-refractivity contribution in [3.05, 3.63) is 66.1 Å². The van der Waals surface area contributed by atoms with Crippen LogP contribution in [0, 0.1) is 11.6 Å². The molecule has 210 valence electrons. The van der Waals surface area contributed by atoms with Crippen LogP contribution >= 0.6 is 0 Å². The van der Waals surface area contributed by atoms with E-state index in [0.29, 0.717) is 17.0 Å². The fraction of sp³-hybridized carbons (Fsp3) is 0.370. The van der Waals surface area contributed by atoms with Crippen LogP contribution in [-0.2, 0) is 15.7 Å². The van der Waals surface area contributed by atoms with Gasteiger partial charge in [-0.25, -0.2) is 23.5 Å². The van der Waals surface area contributed by atoms with E-state index >= 15 is 4.39 Å². The second kappa shape index (κ2) is 10.5. The number of carbonyl (C=O) groups is 1. The first-order valence-corrected chi connectivity index (χ1v) is 15.7. The van der Waals surface area contributed by atoms with Crippen molar-refractivity contribution < 1.29 is 27.3 Å². The third kappa shape index (κ3) is 5.38. The molecule has 1 unspecified atom stereocenters. The average Bonchev–Trinajstić information content (AvgIpc) is 3.64. The van der Waals surface area contributed by atoms with Gasteiger partial charge in [0.2, 0.25) is 0 Å². The Bertz CT molecular complexity index is 1520. The Morgan fingerprint density at radius 1 is 1.12 bits per heavy atom. The average molecular weight is 569 g/mol. The van der Waals surface area contributed by atoms with Crippen molar-refractivity contribution in [2.75, 3.05) is 18.1 Å². The first-order chi connectivity index (χ1) is 18.9. The number of benzene rings is 1. The molecule has 4 aromatic rings. The standard InChI is InChI=1S/C27H30F2N6O4Si/c1-27(2,3)40(4,5)39-16-18-15-37-26(36)35(18)25-20(29)13-30-24(31-25)22-12-23(21-10-11-38-33-21)34(32-22)14-17-8-6-7-9-19(17)28/h6-13,18H,14-16H2,1-5H3. The SMILES string of the molecule is CC(C)(C)[Si](C)(C)OCC1COC(=O)N1c1nc(-c2cc(-c3ccon3)n(Cc3ccccc3F)n2)ncc1F. The van der Waals surface area contributed by atoms with Gasteiger partial charge in [-0.1, -0.05) is 44.1 Å². The molecule has 1 aliphatic rings. The Morgan fingerprint density at radius 3 is 2.60 bits per heavy atom. The molecule has 1 amide bonds. The number of hydrogen-bond acceptors (Lipinski definition) is 8. The van der Waals surface area contributed by atoms with E-state index in [2.05, 4.69) is 54.1 Å². The van der Waals surface area contributed by atoms with Crippen LogP contribution in [0.2, 0.25) is 18.1 Å². The van der Waals surface area contributed by atoms with E-state index in [0.717, 1.165) is 6.20 Å². The van der Waals surface area contributed by atoms with Gasteiger partial charge in [-0.05, 0) is 30.3 Å². The van der Waals surface area contributed by atoms with E-state index in [4.69, 9.17) is 13.7 Å². The van der Waals surface area contributed by atoms with Crippen LogP contribution in [0.4, 0.5) is 19.4 Å². The minimum atomic E-state index is -2.14. The second-order valence-corrected chi connectivity index (χ2v) is 15.9. The lowest BCUT2D eigenvalue weighted by Crippen LogP contribution is -2.46. The first-order valence-electron chi connectivity index (χ1n) is 12.8. The van der Waals surface area contributed by atoms with Gasteiger partial charge in [0.05, 0.1) is 31.1 Å². The van der Waals surface area contributed by atoms with Gasteiger partial charge in [0.15, 0.2) is 25.8 Å². The van der Waals surface area contributed by atoms with Crippen LogP contribution in [0.25, 0.3) is 22.9 Å². The number of ether oxygens (including phenoxy) is 1. The van der Waals surface area contributed by atoms with Crippen molar-refractivity contribution in [3.63, 3.8) is 0 Å². The summed E-state index contributed by atoms with van der Waals surface area (Å²) in [6.07, 6.45) is 1.67. The van der Waals surface area contributed by atoms with Gasteiger partial charge in [0.1, 0.15) is 30.1 Å². The summed E-state index contributed by atoms with van der Waals surface area (Å²) < 4.78 is 47.6. The molecule has 0 N–H and O–H groups in total. The van der Waals surface area contributed by atoms with Crippen LogP contribution < -0.4 is 4.90 Å². The Kier molecular flexibility index (Phi) is 7.27.